The predicted octanol–water partition coefficient (Wildman–Crippen LogP) is 3.87. The van der Waals surface area contributed by atoms with Gasteiger partial charge in [-0.05, 0) is 42.3 Å². The molecule has 1 aliphatic heterocycles. The Bertz CT molecular complexity index is 1000. The van der Waals surface area contributed by atoms with E-state index in [1.807, 2.05) is 0 Å². The Hall–Kier alpha value is -2.42. The second-order valence-corrected chi connectivity index (χ2v) is 8.27. The SMILES string of the molecule is O=C(Cc1ccc(F)cc1)N(CCCN1CCOCC1)c1nc2ccc(F)cc2s1. The van der Waals surface area contributed by atoms with Gasteiger partial charge in [0.05, 0.1) is 29.9 Å². The third-order valence-electron chi connectivity index (χ3n) is 5.10. The lowest BCUT2D eigenvalue weighted by molar-refractivity contribution is -0.118. The first kappa shape index (κ1) is 20.8. The summed E-state index contributed by atoms with van der Waals surface area (Å²) in [4.78, 5) is 21.7. The zero-order valence-electron chi connectivity index (χ0n) is 16.5. The van der Waals surface area contributed by atoms with Crippen molar-refractivity contribution >= 4 is 32.6 Å². The minimum atomic E-state index is -0.332. The Labute approximate surface area is 177 Å². The van der Waals surface area contributed by atoms with Gasteiger partial charge in [-0.3, -0.25) is 14.6 Å². The summed E-state index contributed by atoms with van der Waals surface area (Å²) in [6.45, 7) is 4.63. The van der Waals surface area contributed by atoms with Crippen LogP contribution in [0.25, 0.3) is 10.2 Å². The quantitative estimate of drug-likeness (QED) is 0.570. The van der Waals surface area contributed by atoms with Gasteiger partial charge in [-0.15, -0.1) is 0 Å². The zero-order chi connectivity index (χ0) is 20.9. The van der Waals surface area contributed by atoms with E-state index in [0.717, 1.165) is 44.8 Å². The second-order valence-electron chi connectivity index (χ2n) is 7.26. The van der Waals surface area contributed by atoms with Gasteiger partial charge in [-0.1, -0.05) is 23.5 Å². The molecule has 0 atom stereocenters. The summed E-state index contributed by atoms with van der Waals surface area (Å²) in [7, 11) is 0. The molecular formula is C22H23F2N3O2S. The van der Waals surface area contributed by atoms with Gasteiger partial charge < -0.3 is 4.74 Å². The van der Waals surface area contributed by atoms with Crippen LogP contribution in [-0.2, 0) is 16.0 Å². The van der Waals surface area contributed by atoms with Crippen LogP contribution in [0, 0.1) is 11.6 Å². The number of fused-ring (bicyclic) bond motifs is 1. The smallest absolute Gasteiger partial charge is 0.233 e. The molecule has 1 saturated heterocycles. The molecule has 0 N–H and O–H groups in total. The Morgan fingerprint density at radius 2 is 1.83 bits per heavy atom. The number of halogens is 2. The molecule has 0 saturated carbocycles. The first-order chi connectivity index (χ1) is 14.6. The van der Waals surface area contributed by atoms with Crippen molar-refractivity contribution in [3.8, 4) is 0 Å². The van der Waals surface area contributed by atoms with Crippen LogP contribution in [0.4, 0.5) is 13.9 Å². The van der Waals surface area contributed by atoms with Gasteiger partial charge in [0.25, 0.3) is 0 Å². The monoisotopic (exact) mass is 431 g/mol. The minimum absolute atomic E-state index is 0.108. The van der Waals surface area contributed by atoms with Crippen LogP contribution in [0.3, 0.4) is 0 Å². The number of carbonyl (C=O) groups is 1. The molecule has 0 radical (unpaired) electrons. The molecule has 0 unspecified atom stereocenters. The molecule has 2 aromatic carbocycles. The van der Waals surface area contributed by atoms with Gasteiger partial charge in [0.1, 0.15) is 11.6 Å². The van der Waals surface area contributed by atoms with Gasteiger partial charge in [0.2, 0.25) is 5.91 Å². The first-order valence-corrected chi connectivity index (χ1v) is 10.8. The molecule has 0 bridgehead atoms. The largest absolute Gasteiger partial charge is 0.379 e. The van der Waals surface area contributed by atoms with Crippen LogP contribution in [0.1, 0.15) is 12.0 Å². The highest BCUT2D eigenvalue weighted by atomic mass is 32.1. The molecule has 3 aromatic rings. The maximum atomic E-state index is 13.6. The standard InChI is InChI=1S/C22H23F2N3O2S/c23-17-4-2-16(3-5-17)14-21(28)27(9-1-8-26-10-12-29-13-11-26)22-25-19-7-6-18(24)15-20(19)30-22/h2-7,15H,1,8-14H2. The Morgan fingerprint density at radius 1 is 1.10 bits per heavy atom. The number of thiazole rings is 1. The van der Waals surface area contributed by atoms with Crippen LogP contribution in [0.2, 0.25) is 0 Å². The van der Waals surface area contributed by atoms with Gasteiger partial charge in [-0.25, -0.2) is 13.8 Å². The van der Waals surface area contributed by atoms with E-state index in [1.54, 1.807) is 23.1 Å². The van der Waals surface area contributed by atoms with E-state index in [-0.39, 0.29) is 24.0 Å². The molecule has 1 aromatic heterocycles. The zero-order valence-corrected chi connectivity index (χ0v) is 17.3. The summed E-state index contributed by atoms with van der Waals surface area (Å²) >= 11 is 1.31. The van der Waals surface area contributed by atoms with Crippen LogP contribution in [0.5, 0.6) is 0 Å². The molecular weight excluding hydrogens is 408 g/mol. The Balaban J connectivity index is 1.51. The summed E-state index contributed by atoms with van der Waals surface area (Å²) in [6.07, 6.45) is 0.946. The fourth-order valence-corrected chi connectivity index (χ4v) is 4.51. The lowest BCUT2D eigenvalue weighted by atomic mass is 10.1. The molecule has 8 heteroatoms. The number of morpholine rings is 1. The molecule has 1 fully saturated rings. The van der Waals surface area contributed by atoms with Crippen LogP contribution in [0.15, 0.2) is 42.5 Å². The van der Waals surface area contributed by atoms with E-state index in [0.29, 0.717) is 21.9 Å². The molecule has 0 aliphatic carbocycles. The lowest BCUT2D eigenvalue weighted by Crippen LogP contribution is -2.39. The lowest BCUT2D eigenvalue weighted by Gasteiger charge is -2.27. The molecule has 158 valence electrons. The molecule has 1 aliphatic rings. The highest BCUT2D eigenvalue weighted by Gasteiger charge is 2.21. The summed E-state index contributed by atoms with van der Waals surface area (Å²) < 4.78 is 32.9. The Morgan fingerprint density at radius 3 is 2.60 bits per heavy atom. The van der Waals surface area contributed by atoms with Crippen molar-refractivity contribution in [2.45, 2.75) is 12.8 Å². The summed E-state index contributed by atoms with van der Waals surface area (Å²) in [5.74, 6) is -0.765. The van der Waals surface area contributed by atoms with Crippen molar-refractivity contribution < 1.29 is 18.3 Å². The van der Waals surface area contributed by atoms with Crippen LogP contribution < -0.4 is 4.90 Å². The van der Waals surface area contributed by atoms with Crippen LogP contribution >= 0.6 is 11.3 Å². The number of aromatic nitrogens is 1. The topological polar surface area (TPSA) is 45.7 Å². The van der Waals surface area contributed by atoms with Crippen molar-refractivity contribution in [1.29, 1.82) is 0 Å². The van der Waals surface area contributed by atoms with Crippen molar-refractivity contribution in [2.75, 3.05) is 44.3 Å². The van der Waals surface area contributed by atoms with Crippen LogP contribution in [-0.4, -0.2) is 55.2 Å². The number of ether oxygens (including phenoxy) is 1. The molecule has 30 heavy (non-hydrogen) atoms. The van der Waals surface area contributed by atoms with E-state index in [2.05, 4.69) is 9.88 Å². The van der Waals surface area contributed by atoms with E-state index in [9.17, 15) is 13.6 Å². The number of anilines is 1. The predicted molar refractivity (Wildman–Crippen MR) is 114 cm³/mol. The van der Waals surface area contributed by atoms with E-state index in [1.165, 1.54) is 35.6 Å². The number of benzene rings is 2. The highest BCUT2D eigenvalue weighted by Crippen LogP contribution is 2.30. The van der Waals surface area contributed by atoms with Gasteiger partial charge in [-0.2, -0.15) is 0 Å². The van der Waals surface area contributed by atoms with E-state index < -0.39 is 0 Å². The molecule has 2 heterocycles. The number of hydrogen-bond donors (Lipinski definition) is 0. The maximum absolute atomic E-state index is 13.6. The van der Waals surface area contributed by atoms with Crippen molar-refractivity contribution in [3.63, 3.8) is 0 Å². The number of nitrogens with zero attached hydrogens (tertiary/aromatic N) is 3. The maximum Gasteiger partial charge on any atom is 0.233 e. The average Bonchev–Trinajstić information content (AvgIpc) is 3.16. The third-order valence-corrected chi connectivity index (χ3v) is 6.14. The Kier molecular flexibility index (Phi) is 6.66. The number of hydrogen-bond acceptors (Lipinski definition) is 5. The van der Waals surface area contributed by atoms with Gasteiger partial charge in [0.15, 0.2) is 5.13 Å². The number of carbonyl (C=O) groups excluding carboxylic acids is 1. The molecule has 5 nitrogen and oxygen atoms in total. The summed E-state index contributed by atoms with van der Waals surface area (Å²) in [5.41, 5.74) is 1.41. The molecule has 4 rings (SSSR count). The number of rotatable bonds is 7. The average molecular weight is 432 g/mol. The van der Waals surface area contributed by atoms with Gasteiger partial charge >= 0.3 is 0 Å². The molecule has 1 amide bonds. The minimum Gasteiger partial charge on any atom is -0.379 e. The van der Waals surface area contributed by atoms with Crippen molar-refractivity contribution in [3.05, 3.63) is 59.7 Å². The number of amides is 1. The van der Waals surface area contributed by atoms with E-state index >= 15 is 0 Å². The second kappa shape index (κ2) is 9.59. The summed E-state index contributed by atoms with van der Waals surface area (Å²) in [6, 6.07) is 10.4. The fourth-order valence-electron chi connectivity index (χ4n) is 3.48. The molecule has 0 spiro atoms. The normalized spacial score (nSPS) is 14.9. The van der Waals surface area contributed by atoms with Crippen molar-refractivity contribution in [1.82, 2.24) is 9.88 Å². The third kappa shape index (κ3) is 5.19. The summed E-state index contributed by atoms with van der Waals surface area (Å²) in [5, 5.41) is 0.560. The fraction of sp³-hybridized carbons (Fsp3) is 0.364. The van der Waals surface area contributed by atoms with Gasteiger partial charge in [0, 0.05) is 26.2 Å². The first-order valence-electron chi connectivity index (χ1n) is 9.99. The van der Waals surface area contributed by atoms with E-state index in [4.69, 9.17) is 4.74 Å². The highest BCUT2D eigenvalue weighted by molar-refractivity contribution is 7.22. The van der Waals surface area contributed by atoms with Crippen molar-refractivity contribution in [2.24, 2.45) is 0 Å².